The molecule has 0 aliphatic carbocycles. The van der Waals surface area contributed by atoms with Crippen molar-refractivity contribution in [3.05, 3.63) is 36.5 Å². The molecule has 0 aromatic heterocycles. The molecule has 80 heavy (non-hydrogen) atoms. The molecule has 0 aromatic rings. The average molecular weight is 1150 g/mol. The quantitative estimate of drug-likeness (QED) is 0.0205. The van der Waals surface area contributed by atoms with E-state index in [2.05, 4.69) is 50.4 Å². The molecule has 0 aliphatic rings. The predicted octanol–water partition coefficient (Wildman–Crippen LogP) is 21.8. The van der Waals surface area contributed by atoms with E-state index in [1.165, 1.54) is 238 Å². The number of unbranched alkanes of at least 4 members (excludes halogenated alkanes) is 44. The number of allylic oxidation sites excluding steroid dienone is 5. The first-order valence-corrected chi connectivity index (χ1v) is 36.3. The summed E-state index contributed by atoms with van der Waals surface area (Å²) in [6, 6.07) is -0.849. The van der Waals surface area contributed by atoms with Crippen molar-refractivity contribution < 1.29 is 37.3 Å². The van der Waals surface area contributed by atoms with Crippen LogP contribution in [0.25, 0.3) is 0 Å². The van der Waals surface area contributed by atoms with Crippen LogP contribution in [-0.4, -0.2) is 74.3 Å². The van der Waals surface area contributed by atoms with E-state index < -0.39 is 20.0 Å². The molecule has 0 fully saturated rings. The fourth-order valence-electron chi connectivity index (χ4n) is 10.4. The lowest BCUT2D eigenvalue weighted by atomic mass is 10.0. The van der Waals surface area contributed by atoms with Crippen LogP contribution in [0.2, 0.25) is 0 Å². The molecular weight excluding hydrogens is 1010 g/mol. The van der Waals surface area contributed by atoms with Crippen LogP contribution in [0.4, 0.5) is 0 Å². The van der Waals surface area contributed by atoms with E-state index in [1.54, 1.807) is 0 Å². The summed E-state index contributed by atoms with van der Waals surface area (Å²) in [5, 5.41) is 3.06. The topological polar surface area (TPSA) is 111 Å². The Balaban J connectivity index is 4.96. The van der Waals surface area contributed by atoms with Crippen molar-refractivity contribution >= 4 is 19.7 Å². The van der Waals surface area contributed by atoms with Crippen molar-refractivity contribution in [2.75, 3.05) is 40.9 Å². The maximum Gasteiger partial charge on any atom is 0.472 e. The number of phosphoric acid groups is 1. The first-order valence-electron chi connectivity index (χ1n) is 34.8. The lowest BCUT2D eigenvalue weighted by molar-refractivity contribution is -0.870. The number of esters is 1. The van der Waals surface area contributed by atoms with Gasteiger partial charge >= 0.3 is 13.8 Å². The van der Waals surface area contributed by atoms with E-state index in [1.807, 2.05) is 33.3 Å². The first-order chi connectivity index (χ1) is 38.9. The zero-order valence-corrected chi connectivity index (χ0v) is 55.0. The average Bonchev–Trinajstić information content (AvgIpc) is 3.43. The molecule has 0 spiro atoms. The highest BCUT2D eigenvalue weighted by Crippen LogP contribution is 2.43. The third kappa shape index (κ3) is 60.8. The van der Waals surface area contributed by atoms with E-state index in [-0.39, 0.29) is 25.1 Å². The van der Waals surface area contributed by atoms with Gasteiger partial charge in [-0.3, -0.25) is 18.6 Å². The highest BCUT2D eigenvalue weighted by Gasteiger charge is 2.30. The van der Waals surface area contributed by atoms with Crippen molar-refractivity contribution in [3.8, 4) is 0 Å². The number of ether oxygens (including phenoxy) is 1. The van der Waals surface area contributed by atoms with Gasteiger partial charge in [0.05, 0.1) is 33.8 Å². The molecule has 0 heterocycles. The number of hydrogen-bond donors (Lipinski definition) is 2. The summed E-state index contributed by atoms with van der Waals surface area (Å²) in [7, 11) is 1.51. The summed E-state index contributed by atoms with van der Waals surface area (Å²) in [4.78, 5) is 37.8. The Morgan fingerprint density at radius 3 is 1.06 bits per heavy atom. The molecule has 10 heteroatoms. The van der Waals surface area contributed by atoms with Gasteiger partial charge in [0.1, 0.15) is 19.3 Å². The molecular formula is C70H136N2O7P+. The molecule has 0 aliphatic heterocycles. The molecule has 0 aromatic carbocycles. The SMILES string of the molecule is CCCCCCCC/C=C/CCCCCCCCCCCCCCCCCCCC(=O)OC(/C=C\CCCCCCCCCCC)C(COP(=O)(O)OCC[N+](C)(C)C)NC(=O)CCCCCCC/C=C/CCCCCCCCC. The van der Waals surface area contributed by atoms with Crippen LogP contribution in [-0.2, 0) is 27.9 Å². The van der Waals surface area contributed by atoms with Crippen LogP contribution in [0.5, 0.6) is 0 Å². The fraction of sp³-hybridized carbons (Fsp3) is 0.886. The monoisotopic (exact) mass is 1150 g/mol. The van der Waals surface area contributed by atoms with Crippen LogP contribution >= 0.6 is 7.82 Å². The normalized spacial score (nSPS) is 13.7. The largest absolute Gasteiger partial charge is 0.472 e. The molecule has 0 rings (SSSR count). The molecule has 1 amide bonds. The lowest BCUT2D eigenvalue weighted by Gasteiger charge is -2.27. The Morgan fingerprint density at radius 2 is 0.725 bits per heavy atom. The van der Waals surface area contributed by atoms with E-state index in [4.69, 9.17) is 13.8 Å². The van der Waals surface area contributed by atoms with Crippen molar-refractivity contribution in [1.82, 2.24) is 5.32 Å². The smallest absolute Gasteiger partial charge is 0.456 e. The third-order valence-corrected chi connectivity index (χ3v) is 16.8. The molecule has 0 bridgehead atoms. The van der Waals surface area contributed by atoms with E-state index >= 15 is 0 Å². The first kappa shape index (κ1) is 78.2. The minimum atomic E-state index is -4.45. The van der Waals surface area contributed by atoms with Gasteiger partial charge in [-0.1, -0.05) is 289 Å². The summed E-state index contributed by atoms with van der Waals surface area (Å²) in [5.74, 6) is -0.499. The number of nitrogens with zero attached hydrogens (tertiary/aromatic N) is 1. The Kier molecular flexibility index (Phi) is 59.0. The maximum atomic E-state index is 13.6. The molecule has 472 valence electrons. The van der Waals surface area contributed by atoms with Gasteiger partial charge in [-0.2, -0.15) is 0 Å². The van der Waals surface area contributed by atoms with Gasteiger partial charge in [-0.05, 0) is 83.1 Å². The predicted molar refractivity (Wildman–Crippen MR) is 346 cm³/mol. The van der Waals surface area contributed by atoms with Gasteiger partial charge in [0, 0.05) is 12.8 Å². The Morgan fingerprint density at radius 1 is 0.425 bits per heavy atom. The van der Waals surface area contributed by atoms with E-state index in [0.717, 1.165) is 77.0 Å². The zero-order valence-electron chi connectivity index (χ0n) is 54.1. The minimum Gasteiger partial charge on any atom is -0.456 e. The second-order valence-electron chi connectivity index (χ2n) is 25.0. The minimum absolute atomic E-state index is 0.0411. The summed E-state index contributed by atoms with van der Waals surface area (Å²) in [5.41, 5.74) is 0. The zero-order chi connectivity index (χ0) is 58.6. The third-order valence-electron chi connectivity index (χ3n) is 15.8. The van der Waals surface area contributed by atoms with Gasteiger partial charge in [0.25, 0.3) is 0 Å². The highest BCUT2D eigenvalue weighted by atomic mass is 31.2. The Bertz CT molecular complexity index is 1460. The number of carbonyl (C=O) groups excluding carboxylic acids is 2. The second-order valence-corrected chi connectivity index (χ2v) is 26.5. The number of hydrogen-bond acceptors (Lipinski definition) is 6. The van der Waals surface area contributed by atoms with Crippen LogP contribution in [0.15, 0.2) is 36.5 Å². The second kappa shape index (κ2) is 60.4. The number of carbonyl (C=O) groups is 2. The van der Waals surface area contributed by atoms with Crippen molar-refractivity contribution in [1.29, 1.82) is 0 Å². The number of likely N-dealkylation sites (N-methyl/N-ethyl adjacent to an activating group) is 1. The van der Waals surface area contributed by atoms with Crippen molar-refractivity contribution in [2.24, 2.45) is 0 Å². The summed E-state index contributed by atoms with van der Waals surface area (Å²) in [6.07, 6.45) is 74.5. The lowest BCUT2D eigenvalue weighted by Crippen LogP contribution is -2.47. The molecule has 0 saturated carbocycles. The highest BCUT2D eigenvalue weighted by molar-refractivity contribution is 7.47. The van der Waals surface area contributed by atoms with Crippen LogP contribution < -0.4 is 5.32 Å². The summed E-state index contributed by atoms with van der Waals surface area (Å²) in [6.45, 7) is 7.04. The van der Waals surface area contributed by atoms with E-state index in [0.29, 0.717) is 23.9 Å². The van der Waals surface area contributed by atoms with Crippen LogP contribution in [0.1, 0.15) is 348 Å². The van der Waals surface area contributed by atoms with Crippen molar-refractivity contribution in [3.63, 3.8) is 0 Å². The van der Waals surface area contributed by atoms with Gasteiger partial charge in [-0.15, -0.1) is 0 Å². The summed E-state index contributed by atoms with van der Waals surface area (Å²) >= 11 is 0. The molecule has 9 nitrogen and oxygen atoms in total. The number of amides is 1. The van der Waals surface area contributed by atoms with Gasteiger partial charge in [0.2, 0.25) is 5.91 Å². The Labute approximate surface area is 497 Å². The van der Waals surface area contributed by atoms with Crippen molar-refractivity contribution in [2.45, 2.75) is 360 Å². The fourth-order valence-corrected chi connectivity index (χ4v) is 11.1. The molecule has 3 unspecified atom stereocenters. The Hall–Kier alpha value is -1.77. The van der Waals surface area contributed by atoms with Gasteiger partial charge < -0.3 is 19.4 Å². The van der Waals surface area contributed by atoms with E-state index in [9.17, 15) is 19.0 Å². The number of nitrogens with one attached hydrogen (secondary N) is 1. The molecule has 2 N–H and O–H groups in total. The number of rotatable bonds is 64. The van der Waals surface area contributed by atoms with Crippen LogP contribution in [0.3, 0.4) is 0 Å². The number of quaternary nitrogens is 1. The van der Waals surface area contributed by atoms with Gasteiger partial charge in [-0.25, -0.2) is 4.57 Å². The van der Waals surface area contributed by atoms with Crippen LogP contribution in [0, 0.1) is 0 Å². The number of phosphoric ester groups is 1. The summed E-state index contributed by atoms with van der Waals surface area (Å²) < 4.78 is 30.8. The molecule has 0 radical (unpaired) electrons. The van der Waals surface area contributed by atoms with Gasteiger partial charge in [0.15, 0.2) is 0 Å². The maximum absolute atomic E-state index is 13.6. The standard InChI is InChI=1S/C70H135N2O7P/c1-7-10-13-16-19-22-25-27-29-31-32-33-34-35-36-37-38-39-40-41-43-45-48-51-54-57-60-63-70(74)79-68(61-58-55-52-49-46-24-21-18-15-12-9-3)67(66-78-80(75,76)77-65-64-72(4,5)6)71-69(73)62-59-56-53-50-47-44-42-30-28-26-23-20-17-14-11-8-2/h27,29-30,42,58,61,67-68H,7-26,28,31-41,43-57,59-60,62-66H2,1-6H3,(H-,71,73,75,76)/p+1/b29-27+,42-30+,61-58-. The molecule has 3 atom stereocenters. The molecule has 0 saturated heterocycles.